The summed E-state index contributed by atoms with van der Waals surface area (Å²) >= 11 is 0. The van der Waals surface area contributed by atoms with E-state index in [2.05, 4.69) is 25.8 Å². The van der Waals surface area contributed by atoms with Crippen LogP contribution >= 0.6 is 0 Å². The monoisotopic (exact) mass is 267 g/mol. The maximum Gasteiger partial charge on any atom is 0.291 e. The van der Waals surface area contributed by atoms with Gasteiger partial charge in [0.15, 0.2) is 0 Å². The van der Waals surface area contributed by atoms with E-state index >= 15 is 0 Å². The molecule has 0 saturated heterocycles. The molecule has 106 valence electrons. The number of amides is 2. The summed E-state index contributed by atoms with van der Waals surface area (Å²) in [4.78, 5) is 27.2. The SMILES string of the molecule is CC(C)CNC(=O)CNC(=O)c1n[nH]c(C(C)C)n1. The predicted molar refractivity (Wildman–Crippen MR) is 70.7 cm³/mol. The first-order chi connectivity index (χ1) is 8.90. The van der Waals surface area contributed by atoms with Crippen LogP contribution in [0.5, 0.6) is 0 Å². The van der Waals surface area contributed by atoms with Crippen LogP contribution in [0.4, 0.5) is 0 Å². The van der Waals surface area contributed by atoms with E-state index in [0.717, 1.165) is 0 Å². The number of nitrogens with one attached hydrogen (secondary N) is 3. The topological polar surface area (TPSA) is 99.8 Å². The molecule has 0 bridgehead atoms. The molecule has 0 atom stereocenters. The molecule has 0 fully saturated rings. The fourth-order valence-corrected chi connectivity index (χ4v) is 1.25. The van der Waals surface area contributed by atoms with Gasteiger partial charge < -0.3 is 10.6 Å². The third kappa shape index (κ3) is 5.07. The van der Waals surface area contributed by atoms with Crippen LogP contribution < -0.4 is 10.6 Å². The highest BCUT2D eigenvalue weighted by Crippen LogP contribution is 2.07. The summed E-state index contributed by atoms with van der Waals surface area (Å²) in [5.74, 6) is 0.573. The molecular weight excluding hydrogens is 246 g/mol. The van der Waals surface area contributed by atoms with E-state index in [0.29, 0.717) is 18.3 Å². The number of carbonyl (C=O) groups excluding carboxylic acids is 2. The van der Waals surface area contributed by atoms with Crippen LogP contribution in [0.2, 0.25) is 0 Å². The van der Waals surface area contributed by atoms with Crippen LogP contribution in [0.3, 0.4) is 0 Å². The highest BCUT2D eigenvalue weighted by Gasteiger charge is 2.14. The number of carbonyl (C=O) groups is 2. The van der Waals surface area contributed by atoms with Gasteiger partial charge in [0.25, 0.3) is 5.91 Å². The van der Waals surface area contributed by atoms with E-state index in [1.54, 1.807) is 0 Å². The summed E-state index contributed by atoms with van der Waals surface area (Å²) in [6, 6.07) is 0. The van der Waals surface area contributed by atoms with E-state index < -0.39 is 5.91 Å². The van der Waals surface area contributed by atoms with Crippen molar-refractivity contribution in [2.75, 3.05) is 13.1 Å². The molecule has 7 heteroatoms. The minimum atomic E-state index is -0.456. The molecule has 0 aromatic carbocycles. The van der Waals surface area contributed by atoms with Gasteiger partial charge in [-0.25, -0.2) is 4.98 Å². The van der Waals surface area contributed by atoms with Crippen LogP contribution in [0, 0.1) is 5.92 Å². The van der Waals surface area contributed by atoms with E-state index in [1.165, 1.54) is 0 Å². The Labute approximate surface area is 112 Å². The first-order valence-electron chi connectivity index (χ1n) is 6.37. The molecule has 0 aliphatic carbocycles. The maximum atomic E-state index is 11.7. The Hall–Kier alpha value is -1.92. The average molecular weight is 267 g/mol. The molecule has 0 aliphatic rings. The minimum absolute atomic E-state index is 0.0559. The molecule has 1 heterocycles. The molecule has 2 amide bonds. The van der Waals surface area contributed by atoms with E-state index in [4.69, 9.17) is 0 Å². The Bertz CT molecular complexity index is 439. The van der Waals surface area contributed by atoms with Gasteiger partial charge in [0, 0.05) is 12.5 Å². The third-order valence-electron chi connectivity index (χ3n) is 2.37. The van der Waals surface area contributed by atoms with Crippen LogP contribution in [0.25, 0.3) is 0 Å². The zero-order chi connectivity index (χ0) is 14.4. The number of rotatable bonds is 6. The fraction of sp³-hybridized carbons (Fsp3) is 0.667. The summed E-state index contributed by atoms with van der Waals surface area (Å²) in [5, 5.41) is 11.7. The van der Waals surface area contributed by atoms with Gasteiger partial charge in [0.1, 0.15) is 5.82 Å². The van der Waals surface area contributed by atoms with Gasteiger partial charge >= 0.3 is 0 Å². The normalized spacial score (nSPS) is 10.8. The lowest BCUT2D eigenvalue weighted by Crippen LogP contribution is -2.38. The standard InChI is InChI=1S/C12H21N5O2/c1-7(2)5-13-9(18)6-14-12(19)11-15-10(8(3)4)16-17-11/h7-8H,5-6H2,1-4H3,(H,13,18)(H,14,19)(H,15,16,17). The fourth-order valence-electron chi connectivity index (χ4n) is 1.25. The van der Waals surface area contributed by atoms with E-state index in [-0.39, 0.29) is 24.2 Å². The lowest BCUT2D eigenvalue weighted by atomic mass is 10.2. The Morgan fingerprint density at radius 3 is 2.42 bits per heavy atom. The molecule has 7 nitrogen and oxygen atoms in total. The number of aromatic nitrogens is 3. The first-order valence-corrected chi connectivity index (χ1v) is 6.37. The second-order valence-corrected chi connectivity index (χ2v) is 5.08. The molecule has 0 unspecified atom stereocenters. The van der Waals surface area contributed by atoms with Gasteiger partial charge in [-0.05, 0) is 5.92 Å². The van der Waals surface area contributed by atoms with Crippen molar-refractivity contribution in [1.29, 1.82) is 0 Å². The maximum absolute atomic E-state index is 11.7. The summed E-state index contributed by atoms with van der Waals surface area (Å²) < 4.78 is 0. The van der Waals surface area contributed by atoms with Gasteiger partial charge in [-0.1, -0.05) is 27.7 Å². The highest BCUT2D eigenvalue weighted by atomic mass is 16.2. The number of nitrogens with zero attached hydrogens (tertiary/aromatic N) is 2. The van der Waals surface area contributed by atoms with Crippen molar-refractivity contribution in [3.05, 3.63) is 11.6 Å². The van der Waals surface area contributed by atoms with Gasteiger partial charge in [-0.15, -0.1) is 5.10 Å². The summed E-state index contributed by atoms with van der Waals surface area (Å²) in [6.07, 6.45) is 0. The molecule has 0 aliphatic heterocycles. The van der Waals surface area contributed by atoms with Crippen molar-refractivity contribution in [3.8, 4) is 0 Å². The molecule has 0 spiro atoms. The van der Waals surface area contributed by atoms with Gasteiger partial charge in [-0.2, -0.15) is 0 Å². The van der Waals surface area contributed by atoms with Crippen molar-refractivity contribution in [2.24, 2.45) is 5.92 Å². The average Bonchev–Trinajstić information content (AvgIpc) is 2.83. The van der Waals surface area contributed by atoms with Gasteiger partial charge in [0.2, 0.25) is 11.7 Å². The van der Waals surface area contributed by atoms with Gasteiger partial charge in [-0.3, -0.25) is 14.7 Å². The Morgan fingerprint density at radius 1 is 1.21 bits per heavy atom. The molecule has 0 saturated carbocycles. The molecule has 1 aromatic rings. The van der Waals surface area contributed by atoms with Crippen LogP contribution in [0.1, 0.15) is 50.1 Å². The molecule has 0 radical (unpaired) electrons. The van der Waals surface area contributed by atoms with Crippen LogP contribution in [-0.4, -0.2) is 40.1 Å². The second-order valence-electron chi connectivity index (χ2n) is 5.08. The summed E-state index contributed by atoms with van der Waals surface area (Å²) in [5.41, 5.74) is 0. The quantitative estimate of drug-likeness (QED) is 0.696. The summed E-state index contributed by atoms with van der Waals surface area (Å²) in [7, 11) is 0. The van der Waals surface area contributed by atoms with Crippen LogP contribution in [0.15, 0.2) is 0 Å². The largest absolute Gasteiger partial charge is 0.354 e. The highest BCUT2D eigenvalue weighted by molar-refractivity contribution is 5.93. The molecule has 1 rings (SSSR count). The molecule has 3 N–H and O–H groups in total. The number of hydrogen-bond donors (Lipinski definition) is 3. The smallest absolute Gasteiger partial charge is 0.291 e. The van der Waals surface area contributed by atoms with Crippen molar-refractivity contribution in [1.82, 2.24) is 25.8 Å². The van der Waals surface area contributed by atoms with E-state index in [9.17, 15) is 9.59 Å². The lowest BCUT2D eigenvalue weighted by Gasteiger charge is -2.07. The first kappa shape index (κ1) is 15.1. The predicted octanol–water partition coefficient (Wildman–Crippen LogP) is 0.430. The van der Waals surface area contributed by atoms with Crippen molar-refractivity contribution >= 4 is 11.8 Å². The minimum Gasteiger partial charge on any atom is -0.354 e. The Kier molecular flexibility index (Phi) is 5.47. The molecular formula is C12H21N5O2. The Morgan fingerprint density at radius 2 is 1.89 bits per heavy atom. The molecule has 19 heavy (non-hydrogen) atoms. The van der Waals surface area contributed by atoms with Crippen LogP contribution in [-0.2, 0) is 4.79 Å². The number of H-pyrrole nitrogens is 1. The number of aromatic amines is 1. The van der Waals surface area contributed by atoms with E-state index in [1.807, 2.05) is 27.7 Å². The zero-order valence-electron chi connectivity index (χ0n) is 11.8. The summed E-state index contributed by atoms with van der Waals surface area (Å²) in [6.45, 7) is 8.41. The lowest BCUT2D eigenvalue weighted by molar-refractivity contribution is -0.120. The molecule has 1 aromatic heterocycles. The van der Waals surface area contributed by atoms with Crippen molar-refractivity contribution in [2.45, 2.75) is 33.6 Å². The second kappa shape index (κ2) is 6.86. The zero-order valence-corrected chi connectivity index (χ0v) is 11.8. The Balaban J connectivity index is 2.40. The van der Waals surface area contributed by atoms with Crippen molar-refractivity contribution in [3.63, 3.8) is 0 Å². The third-order valence-corrected chi connectivity index (χ3v) is 2.37. The van der Waals surface area contributed by atoms with Crippen molar-refractivity contribution < 1.29 is 9.59 Å². The number of hydrogen-bond acceptors (Lipinski definition) is 4. The van der Waals surface area contributed by atoms with Gasteiger partial charge in [0.05, 0.1) is 6.54 Å².